The van der Waals surface area contributed by atoms with Crippen LogP contribution in [-0.4, -0.2) is 38.9 Å². The molecule has 2 N–H and O–H groups in total. The molecule has 0 bridgehead atoms. The summed E-state index contributed by atoms with van der Waals surface area (Å²) in [6, 6.07) is 14.9. The Bertz CT molecular complexity index is 1090. The van der Waals surface area contributed by atoms with Crippen LogP contribution in [0.3, 0.4) is 0 Å². The van der Waals surface area contributed by atoms with Crippen molar-refractivity contribution in [2.45, 2.75) is 25.5 Å². The molecule has 0 saturated carbocycles. The maximum atomic E-state index is 12.6. The van der Waals surface area contributed by atoms with E-state index in [2.05, 4.69) is 27.4 Å². The fourth-order valence-electron chi connectivity index (χ4n) is 3.07. The number of aryl methyl sites for hydroxylation is 1. The van der Waals surface area contributed by atoms with Crippen molar-refractivity contribution in [1.29, 1.82) is 0 Å². The lowest BCUT2D eigenvalue weighted by Crippen LogP contribution is -2.25. The van der Waals surface area contributed by atoms with Gasteiger partial charge in [-0.25, -0.2) is 0 Å². The molecule has 3 aromatic rings. The highest BCUT2D eigenvalue weighted by molar-refractivity contribution is 7.99. The van der Waals surface area contributed by atoms with Gasteiger partial charge in [-0.15, -0.1) is 16.8 Å². The lowest BCUT2D eigenvalue weighted by atomic mass is 10.1. The lowest BCUT2D eigenvalue weighted by molar-refractivity contribution is -0.113. The summed E-state index contributed by atoms with van der Waals surface area (Å²) in [5, 5.41) is 14.8. The number of carbonyl (C=O) groups is 2. The molecule has 0 atom stereocenters. The highest BCUT2D eigenvalue weighted by Gasteiger charge is 2.17. The number of para-hydroxylation sites is 1. The minimum Gasteiger partial charge on any atom is -0.349 e. The van der Waals surface area contributed by atoms with Gasteiger partial charge in [-0.2, -0.15) is 0 Å². The zero-order chi connectivity index (χ0) is 22.2. The molecule has 2 aromatic carbocycles. The summed E-state index contributed by atoms with van der Waals surface area (Å²) in [4.78, 5) is 24.9. The van der Waals surface area contributed by atoms with Crippen molar-refractivity contribution in [3.8, 4) is 11.4 Å². The number of benzene rings is 2. The molecule has 31 heavy (non-hydrogen) atoms. The second-order valence-corrected chi connectivity index (χ2v) is 7.69. The molecule has 0 unspecified atom stereocenters. The summed E-state index contributed by atoms with van der Waals surface area (Å²) < 4.78 is 2.00. The summed E-state index contributed by atoms with van der Waals surface area (Å²) >= 11 is 1.31. The summed E-state index contributed by atoms with van der Waals surface area (Å²) in [5.74, 6) is 0.441. The number of hydrogen-bond donors (Lipinski definition) is 2. The van der Waals surface area contributed by atoms with Crippen molar-refractivity contribution in [1.82, 2.24) is 20.1 Å². The van der Waals surface area contributed by atoms with Crippen molar-refractivity contribution < 1.29 is 9.59 Å². The Hall–Kier alpha value is -3.39. The van der Waals surface area contributed by atoms with Gasteiger partial charge >= 0.3 is 0 Å². The molecule has 3 rings (SSSR count). The first kappa shape index (κ1) is 22.3. The van der Waals surface area contributed by atoms with E-state index in [0.29, 0.717) is 29.5 Å². The van der Waals surface area contributed by atoms with Crippen molar-refractivity contribution in [2.75, 3.05) is 17.6 Å². The zero-order valence-electron chi connectivity index (χ0n) is 17.6. The molecule has 1 aromatic heterocycles. The molecule has 0 saturated heterocycles. The fraction of sp³-hybridized carbons (Fsp3) is 0.217. The third kappa shape index (κ3) is 5.40. The van der Waals surface area contributed by atoms with Gasteiger partial charge in [0.05, 0.1) is 17.0 Å². The first-order valence-electron chi connectivity index (χ1n) is 9.95. The number of carbonyl (C=O) groups excluding carboxylic acids is 2. The third-order valence-corrected chi connectivity index (χ3v) is 5.57. The molecular weight excluding hydrogens is 410 g/mol. The predicted molar refractivity (Wildman–Crippen MR) is 124 cm³/mol. The average molecular weight is 436 g/mol. The molecule has 0 aliphatic heterocycles. The van der Waals surface area contributed by atoms with Gasteiger partial charge in [-0.3, -0.25) is 9.59 Å². The second-order valence-electron chi connectivity index (χ2n) is 6.75. The Morgan fingerprint density at radius 1 is 1.13 bits per heavy atom. The molecule has 1 heterocycles. The molecule has 0 fully saturated rings. The van der Waals surface area contributed by atoms with E-state index < -0.39 is 0 Å². The van der Waals surface area contributed by atoms with Gasteiger partial charge < -0.3 is 15.2 Å². The average Bonchev–Trinajstić information content (AvgIpc) is 3.19. The number of anilines is 1. The lowest BCUT2D eigenvalue weighted by Gasteiger charge is -2.11. The summed E-state index contributed by atoms with van der Waals surface area (Å²) in [7, 11) is 0. The first-order valence-corrected chi connectivity index (χ1v) is 10.9. The highest BCUT2D eigenvalue weighted by atomic mass is 32.2. The van der Waals surface area contributed by atoms with E-state index in [9.17, 15) is 9.59 Å². The van der Waals surface area contributed by atoms with Gasteiger partial charge in [0.25, 0.3) is 5.91 Å². The SMILES string of the molecule is C=CCNC(=O)c1ccccc1NC(=O)CSc1nnc(-c2ccccc2C)n1CC. The van der Waals surface area contributed by atoms with Crippen LogP contribution < -0.4 is 10.6 Å². The Balaban J connectivity index is 1.69. The smallest absolute Gasteiger partial charge is 0.253 e. The molecule has 7 nitrogen and oxygen atoms in total. The van der Waals surface area contributed by atoms with Gasteiger partial charge in [0, 0.05) is 18.7 Å². The van der Waals surface area contributed by atoms with Crippen molar-refractivity contribution in [3.05, 3.63) is 72.3 Å². The van der Waals surface area contributed by atoms with E-state index in [1.54, 1.807) is 30.3 Å². The maximum Gasteiger partial charge on any atom is 0.253 e. The Labute approximate surface area is 186 Å². The molecule has 0 aliphatic rings. The predicted octanol–water partition coefficient (Wildman–Crippen LogP) is 3.92. The standard InChI is InChI=1S/C23H25N5O2S/c1-4-14-24-22(30)18-12-8-9-13-19(18)25-20(29)15-31-23-27-26-21(28(23)5-2)17-11-7-6-10-16(17)3/h4,6-13H,1,5,14-15H2,2-3H3,(H,24,30)(H,25,29). The summed E-state index contributed by atoms with van der Waals surface area (Å²) in [6.07, 6.45) is 1.60. The quantitative estimate of drug-likeness (QED) is 0.393. The number of nitrogens with one attached hydrogen (secondary N) is 2. The van der Waals surface area contributed by atoms with E-state index >= 15 is 0 Å². The van der Waals surface area contributed by atoms with Crippen LogP contribution in [0.4, 0.5) is 5.69 Å². The van der Waals surface area contributed by atoms with Crippen LogP contribution in [0.5, 0.6) is 0 Å². The zero-order valence-corrected chi connectivity index (χ0v) is 18.4. The van der Waals surface area contributed by atoms with Crippen LogP contribution in [0.1, 0.15) is 22.8 Å². The topological polar surface area (TPSA) is 88.9 Å². The Morgan fingerprint density at radius 3 is 2.61 bits per heavy atom. The van der Waals surface area contributed by atoms with Crippen molar-refractivity contribution in [2.24, 2.45) is 0 Å². The molecule has 160 valence electrons. The minimum absolute atomic E-state index is 0.147. The van der Waals surface area contributed by atoms with E-state index in [1.807, 2.05) is 42.7 Å². The molecule has 0 radical (unpaired) electrons. The third-order valence-electron chi connectivity index (χ3n) is 4.60. The van der Waals surface area contributed by atoms with E-state index in [0.717, 1.165) is 17.0 Å². The van der Waals surface area contributed by atoms with E-state index in [-0.39, 0.29) is 17.6 Å². The Kier molecular flexibility index (Phi) is 7.61. The summed E-state index contributed by atoms with van der Waals surface area (Å²) in [5.41, 5.74) is 3.01. The minimum atomic E-state index is -0.267. The van der Waals surface area contributed by atoms with Crippen LogP contribution in [0.15, 0.2) is 66.3 Å². The molecule has 0 spiro atoms. The highest BCUT2D eigenvalue weighted by Crippen LogP contribution is 2.26. The van der Waals surface area contributed by atoms with Crippen LogP contribution in [0.25, 0.3) is 11.4 Å². The van der Waals surface area contributed by atoms with Gasteiger partial charge in [-0.1, -0.05) is 54.2 Å². The molecule has 8 heteroatoms. The van der Waals surface area contributed by atoms with Crippen molar-refractivity contribution in [3.63, 3.8) is 0 Å². The maximum absolute atomic E-state index is 12.6. The summed E-state index contributed by atoms with van der Waals surface area (Å²) in [6.45, 7) is 8.69. The van der Waals surface area contributed by atoms with Crippen LogP contribution in [0, 0.1) is 6.92 Å². The molecular formula is C23H25N5O2S. The largest absolute Gasteiger partial charge is 0.349 e. The second kappa shape index (κ2) is 10.6. The van der Waals surface area contributed by atoms with Gasteiger partial charge in [0.2, 0.25) is 5.91 Å². The molecule has 0 aliphatic carbocycles. The number of aromatic nitrogens is 3. The number of rotatable bonds is 9. The number of nitrogens with zero attached hydrogens (tertiary/aromatic N) is 3. The fourth-order valence-corrected chi connectivity index (χ4v) is 3.87. The van der Waals surface area contributed by atoms with Crippen LogP contribution >= 0.6 is 11.8 Å². The Morgan fingerprint density at radius 2 is 1.87 bits per heavy atom. The van der Waals surface area contributed by atoms with E-state index in [4.69, 9.17) is 0 Å². The number of thioether (sulfide) groups is 1. The first-order chi connectivity index (χ1) is 15.0. The van der Waals surface area contributed by atoms with Crippen LogP contribution in [-0.2, 0) is 11.3 Å². The number of amides is 2. The normalized spacial score (nSPS) is 10.5. The van der Waals surface area contributed by atoms with E-state index in [1.165, 1.54) is 11.8 Å². The van der Waals surface area contributed by atoms with Gasteiger partial charge in [0.1, 0.15) is 0 Å². The molecule has 2 amide bonds. The van der Waals surface area contributed by atoms with Crippen molar-refractivity contribution >= 4 is 29.3 Å². The van der Waals surface area contributed by atoms with Crippen LogP contribution in [0.2, 0.25) is 0 Å². The van der Waals surface area contributed by atoms with Gasteiger partial charge in [-0.05, 0) is 31.5 Å². The monoisotopic (exact) mass is 435 g/mol. The number of hydrogen-bond acceptors (Lipinski definition) is 5. The van der Waals surface area contributed by atoms with Gasteiger partial charge in [0.15, 0.2) is 11.0 Å².